The SMILES string of the molecule is CNCCc1nc(C(=O)O)c2cc(O)ccn12. The summed E-state index contributed by atoms with van der Waals surface area (Å²) in [5, 5.41) is 21.4. The van der Waals surface area contributed by atoms with Gasteiger partial charge in [0.2, 0.25) is 0 Å². The Morgan fingerprint density at radius 3 is 3.00 bits per heavy atom. The van der Waals surface area contributed by atoms with Crippen molar-refractivity contribution in [2.45, 2.75) is 6.42 Å². The molecule has 3 N–H and O–H groups in total. The Hall–Kier alpha value is -2.08. The van der Waals surface area contributed by atoms with Crippen LogP contribution in [0.5, 0.6) is 5.75 Å². The minimum Gasteiger partial charge on any atom is -0.508 e. The van der Waals surface area contributed by atoms with Gasteiger partial charge >= 0.3 is 5.97 Å². The first-order chi connectivity index (χ1) is 8.13. The van der Waals surface area contributed by atoms with E-state index in [0.717, 1.165) is 0 Å². The molecular formula is C11H13N3O3. The van der Waals surface area contributed by atoms with Crippen molar-refractivity contribution in [3.8, 4) is 5.75 Å². The molecule has 6 heteroatoms. The van der Waals surface area contributed by atoms with Gasteiger partial charge in [0.1, 0.15) is 11.6 Å². The van der Waals surface area contributed by atoms with Crippen LogP contribution in [0.4, 0.5) is 0 Å². The maximum Gasteiger partial charge on any atom is 0.356 e. The lowest BCUT2D eigenvalue weighted by molar-refractivity contribution is 0.0693. The Morgan fingerprint density at radius 1 is 1.59 bits per heavy atom. The molecule has 0 spiro atoms. The van der Waals surface area contributed by atoms with Crippen LogP contribution in [0.3, 0.4) is 0 Å². The number of rotatable bonds is 4. The molecule has 0 aromatic carbocycles. The zero-order chi connectivity index (χ0) is 12.4. The number of carboxylic acid groups (broad SMARTS) is 1. The van der Waals surface area contributed by atoms with Gasteiger partial charge in [-0.3, -0.25) is 0 Å². The van der Waals surface area contributed by atoms with Gasteiger partial charge in [0.15, 0.2) is 5.69 Å². The molecule has 0 atom stereocenters. The second kappa shape index (κ2) is 4.42. The molecule has 0 fully saturated rings. The van der Waals surface area contributed by atoms with Crippen molar-refractivity contribution >= 4 is 11.5 Å². The van der Waals surface area contributed by atoms with Gasteiger partial charge in [0.25, 0.3) is 0 Å². The van der Waals surface area contributed by atoms with Gasteiger partial charge < -0.3 is 19.9 Å². The van der Waals surface area contributed by atoms with E-state index in [9.17, 15) is 9.90 Å². The summed E-state index contributed by atoms with van der Waals surface area (Å²) < 4.78 is 1.68. The van der Waals surface area contributed by atoms with Gasteiger partial charge in [-0.2, -0.15) is 0 Å². The van der Waals surface area contributed by atoms with Crippen molar-refractivity contribution in [3.05, 3.63) is 29.8 Å². The first-order valence-corrected chi connectivity index (χ1v) is 5.21. The second-order valence-corrected chi connectivity index (χ2v) is 3.68. The molecule has 0 amide bonds. The number of carboxylic acids is 1. The summed E-state index contributed by atoms with van der Waals surface area (Å²) in [6.07, 6.45) is 2.24. The largest absolute Gasteiger partial charge is 0.508 e. The number of carbonyl (C=O) groups is 1. The molecule has 0 saturated carbocycles. The quantitative estimate of drug-likeness (QED) is 0.718. The average Bonchev–Trinajstić information content (AvgIpc) is 2.64. The van der Waals surface area contributed by atoms with E-state index >= 15 is 0 Å². The summed E-state index contributed by atoms with van der Waals surface area (Å²) in [5.41, 5.74) is 0.371. The zero-order valence-corrected chi connectivity index (χ0v) is 9.34. The maximum atomic E-state index is 11.0. The Morgan fingerprint density at radius 2 is 2.35 bits per heavy atom. The number of pyridine rings is 1. The molecule has 6 nitrogen and oxygen atoms in total. The van der Waals surface area contributed by atoms with E-state index in [-0.39, 0.29) is 11.4 Å². The molecule has 2 rings (SSSR count). The number of fused-ring (bicyclic) bond motifs is 1. The number of nitrogens with one attached hydrogen (secondary N) is 1. The van der Waals surface area contributed by atoms with Crippen LogP contribution in [0.25, 0.3) is 5.52 Å². The summed E-state index contributed by atoms with van der Waals surface area (Å²) in [4.78, 5) is 15.1. The molecule has 17 heavy (non-hydrogen) atoms. The van der Waals surface area contributed by atoms with Gasteiger partial charge in [0.05, 0.1) is 5.52 Å². The molecule has 0 unspecified atom stereocenters. The maximum absolute atomic E-state index is 11.0. The summed E-state index contributed by atoms with van der Waals surface area (Å²) in [7, 11) is 1.82. The second-order valence-electron chi connectivity index (χ2n) is 3.68. The third-order valence-corrected chi connectivity index (χ3v) is 2.50. The number of nitrogens with zero attached hydrogens (tertiary/aromatic N) is 2. The Bertz CT molecular complexity index is 562. The van der Waals surface area contributed by atoms with Crippen molar-refractivity contribution in [2.24, 2.45) is 0 Å². The van der Waals surface area contributed by atoms with Crippen molar-refractivity contribution in [3.63, 3.8) is 0 Å². The van der Waals surface area contributed by atoms with Gasteiger partial charge in [-0.05, 0) is 13.1 Å². The molecule has 0 aliphatic heterocycles. The predicted octanol–water partition coefficient (Wildman–Crippen LogP) is 0.500. The van der Waals surface area contributed by atoms with Crippen LogP contribution in [0.15, 0.2) is 18.3 Å². The summed E-state index contributed by atoms with van der Waals surface area (Å²) >= 11 is 0. The van der Waals surface area contributed by atoms with Crippen molar-refractivity contribution in [1.82, 2.24) is 14.7 Å². The van der Waals surface area contributed by atoms with E-state index in [1.165, 1.54) is 12.1 Å². The molecule has 2 aromatic rings. The predicted molar refractivity (Wildman–Crippen MR) is 61.4 cm³/mol. The molecule has 0 radical (unpaired) electrons. The summed E-state index contributed by atoms with van der Waals surface area (Å²) in [5.74, 6) is -0.407. The first-order valence-electron chi connectivity index (χ1n) is 5.21. The highest BCUT2D eigenvalue weighted by Crippen LogP contribution is 2.18. The molecule has 90 valence electrons. The Labute approximate surface area is 97.5 Å². The lowest BCUT2D eigenvalue weighted by atomic mass is 10.3. The molecule has 0 bridgehead atoms. The highest BCUT2D eigenvalue weighted by molar-refractivity contribution is 5.94. The zero-order valence-electron chi connectivity index (χ0n) is 9.34. The molecule has 0 saturated heterocycles. The lowest BCUT2D eigenvalue weighted by Crippen LogP contribution is -2.12. The lowest BCUT2D eigenvalue weighted by Gasteiger charge is -2.00. The van der Waals surface area contributed by atoms with Gasteiger partial charge in [0, 0.05) is 25.2 Å². The molecule has 0 aliphatic rings. The summed E-state index contributed by atoms with van der Waals surface area (Å²) in [6, 6.07) is 2.91. The van der Waals surface area contributed by atoms with Crippen LogP contribution in [-0.2, 0) is 6.42 Å². The topological polar surface area (TPSA) is 86.9 Å². The standard InChI is InChI=1S/C11H13N3O3/c1-12-4-2-9-13-10(11(16)17)8-6-7(15)3-5-14(8)9/h3,5-6,12,15H,2,4H2,1H3,(H,16,17). The fourth-order valence-corrected chi connectivity index (χ4v) is 1.71. The Balaban J connectivity index is 2.58. The first kappa shape index (κ1) is 11.4. The van der Waals surface area contributed by atoms with Crippen LogP contribution >= 0.6 is 0 Å². The van der Waals surface area contributed by atoms with Gasteiger partial charge in [-0.25, -0.2) is 9.78 Å². The minimum absolute atomic E-state index is 0.0278. The van der Waals surface area contributed by atoms with Crippen LogP contribution in [0.2, 0.25) is 0 Å². The van der Waals surface area contributed by atoms with E-state index in [4.69, 9.17) is 5.11 Å². The van der Waals surface area contributed by atoms with Crippen LogP contribution in [0.1, 0.15) is 16.3 Å². The van der Waals surface area contributed by atoms with E-state index in [1.54, 1.807) is 10.6 Å². The molecule has 0 aliphatic carbocycles. The third-order valence-electron chi connectivity index (χ3n) is 2.50. The van der Waals surface area contributed by atoms with E-state index in [0.29, 0.717) is 24.3 Å². The number of imidazole rings is 1. The van der Waals surface area contributed by atoms with E-state index in [1.807, 2.05) is 7.05 Å². The highest BCUT2D eigenvalue weighted by Gasteiger charge is 2.16. The van der Waals surface area contributed by atoms with Gasteiger partial charge in [-0.15, -0.1) is 0 Å². The number of likely N-dealkylation sites (N-methyl/N-ethyl adjacent to an activating group) is 1. The number of hydrogen-bond donors (Lipinski definition) is 3. The number of aromatic nitrogens is 2. The number of aromatic hydroxyl groups is 1. The average molecular weight is 235 g/mol. The molecule has 2 heterocycles. The fraction of sp³-hybridized carbons (Fsp3) is 0.273. The van der Waals surface area contributed by atoms with Crippen LogP contribution in [0, 0.1) is 0 Å². The fourth-order valence-electron chi connectivity index (χ4n) is 1.71. The highest BCUT2D eigenvalue weighted by atomic mass is 16.4. The van der Waals surface area contributed by atoms with E-state index < -0.39 is 5.97 Å². The molecule has 2 aromatic heterocycles. The monoisotopic (exact) mass is 235 g/mol. The minimum atomic E-state index is -1.09. The summed E-state index contributed by atoms with van der Waals surface area (Å²) in [6.45, 7) is 0.707. The normalized spacial score (nSPS) is 10.9. The molecular weight excluding hydrogens is 222 g/mol. The van der Waals surface area contributed by atoms with E-state index in [2.05, 4.69) is 10.3 Å². The Kier molecular flexibility index (Phi) is 2.97. The number of aromatic carboxylic acids is 1. The van der Waals surface area contributed by atoms with Gasteiger partial charge in [-0.1, -0.05) is 0 Å². The smallest absolute Gasteiger partial charge is 0.356 e. The van der Waals surface area contributed by atoms with Crippen LogP contribution in [-0.4, -0.2) is 39.2 Å². The van der Waals surface area contributed by atoms with Crippen molar-refractivity contribution in [1.29, 1.82) is 0 Å². The van der Waals surface area contributed by atoms with Crippen molar-refractivity contribution in [2.75, 3.05) is 13.6 Å². The third kappa shape index (κ3) is 2.07. The number of hydrogen-bond acceptors (Lipinski definition) is 4. The van der Waals surface area contributed by atoms with Crippen LogP contribution < -0.4 is 5.32 Å². The van der Waals surface area contributed by atoms with Crippen molar-refractivity contribution < 1.29 is 15.0 Å².